The standard InChI is InChI=1S/C21H28N2O4S/c1-14-10-15(2)19(28(22,26)27)11-18(14)20(25)23-13-21(4,16(3)24)12-17-8-6-5-7-9-17/h5-11,16,24H,12-13H2,1-4H3,(H,23,25)(H2,22,26,27)/t16-,21+/m1/s1. The second-order valence-corrected chi connectivity index (χ2v) is 9.18. The summed E-state index contributed by atoms with van der Waals surface area (Å²) in [7, 11) is -3.92. The van der Waals surface area contributed by atoms with E-state index in [4.69, 9.17) is 5.14 Å². The fourth-order valence-electron chi connectivity index (χ4n) is 3.18. The van der Waals surface area contributed by atoms with Crippen molar-refractivity contribution in [2.75, 3.05) is 6.54 Å². The Balaban J connectivity index is 2.24. The lowest BCUT2D eigenvalue weighted by Gasteiger charge is -2.33. The summed E-state index contributed by atoms with van der Waals surface area (Å²) in [5.74, 6) is -0.401. The number of rotatable bonds is 7. The molecule has 152 valence electrons. The predicted molar refractivity (Wildman–Crippen MR) is 110 cm³/mol. The molecule has 0 radical (unpaired) electrons. The van der Waals surface area contributed by atoms with Crippen molar-refractivity contribution < 1.29 is 18.3 Å². The van der Waals surface area contributed by atoms with Crippen LogP contribution in [0, 0.1) is 19.3 Å². The number of nitrogens with one attached hydrogen (secondary N) is 1. The van der Waals surface area contributed by atoms with E-state index in [1.54, 1.807) is 26.8 Å². The Kier molecular flexibility index (Phi) is 6.64. The molecule has 6 nitrogen and oxygen atoms in total. The van der Waals surface area contributed by atoms with E-state index in [0.717, 1.165) is 5.56 Å². The minimum atomic E-state index is -3.92. The highest BCUT2D eigenvalue weighted by molar-refractivity contribution is 7.89. The zero-order chi connectivity index (χ0) is 21.1. The molecule has 0 aliphatic rings. The number of benzene rings is 2. The summed E-state index contributed by atoms with van der Waals surface area (Å²) in [5.41, 5.74) is 1.88. The van der Waals surface area contributed by atoms with Gasteiger partial charge in [0.2, 0.25) is 10.0 Å². The zero-order valence-corrected chi connectivity index (χ0v) is 17.5. The number of hydrogen-bond acceptors (Lipinski definition) is 4. The predicted octanol–water partition coefficient (Wildman–Crippen LogP) is 2.31. The van der Waals surface area contributed by atoms with Crippen LogP contribution in [0.4, 0.5) is 0 Å². The lowest BCUT2D eigenvalue weighted by molar-refractivity contribution is 0.0500. The maximum absolute atomic E-state index is 12.7. The molecule has 0 heterocycles. The van der Waals surface area contributed by atoms with Crippen LogP contribution in [0.1, 0.15) is 40.9 Å². The van der Waals surface area contributed by atoms with Gasteiger partial charge in [-0.3, -0.25) is 4.79 Å². The second-order valence-electron chi connectivity index (χ2n) is 7.65. The molecule has 2 aromatic carbocycles. The first kappa shape index (κ1) is 22.1. The highest BCUT2D eigenvalue weighted by Gasteiger charge is 2.31. The lowest BCUT2D eigenvalue weighted by atomic mass is 9.79. The van der Waals surface area contributed by atoms with Crippen molar-refractivity contribution >= 4 is 15.9 Å². The van der Waals surface area contributed by atoms with Gasteiger partial charge in [0.15, 0.2) is 0 Å². The van der Waals surface area contributed by atoms with Crippen molar-refractivity contribution in [1.82, 2.24) is 5.32 Å². The smallest absolute Gasteiger partial charge is 0.251 e. The number of aliphatic hydroxyl groups excluding tert-OH is 1. The van der Waals surface area contributed by atoms with Gasteiger partial charge < -0.3 is 10.4 Å². The third-order valence-corrected chi connectivity index (χ3v) is 6.24. The van der Waals surface area contributed by atoms with Crippen molar-refractivity contribution in [3.63, 3.8) is 0 Å². The van der Waals surface area contributed by atoms with Gasteiger partial charge in [-0.15, -0.1) is 0 Å². The average Bonchev–Trinajstić information content (AvgIpc) is 2.59. The molecular formula is C21H28N2O4S. The highest BCUT2D eigenvalue weighted by Crippen LogP contribution is 2.27. The summed E-state index contributed by atoms with van der Waals surface area (Å²) in [5, 5.41) is 18.4. The average molecular weight is 405 g/mol. The summed E-state index contributed by atoms with van der Waals surface area (Å²) in [6.07, 6.45) is -0.0757. The third-order valence-electron chi connectivity index (χ3n) is 5.19. The van der Waals surface area contributed by atoms with Crippen LogP contribution in [0.25, 0.3) is 0 Å². The molecule has 1 amide bonds. The number of carbonyl (C=O) groups excluding carboxylic acids is 1. The van der Waals surface area contributed by atoms with Gasteiger partial charge in [0.1, 0.15) is 0 Å². The minimum Gasteiger partial charge on any atom is -0.393 e. The Hall–Kier alpha value is -2.22. The number of aliphatic hydroxyl groups is 1. The monoisotopic (exact) mass is 404 g/mol. The summed E-state index contributed by atoms with van der Waals surface area (Å²) in [4.78, 5) is 12.7. The first-order valence-corrected chi connectivity index (χ1v) is 10.6. The van der Waals surface area contributed by atoms with Crippen molar-refractivity contribution in [3.8, 4) is 0 Å². The molecule has 2 aromatic rings. The van der Waals surface area contributed by atoms with Crippen LogP contribution in [0.3, 0.4) is 0 Å². The normalized spacial score (nSPS) is 14.9. The van der Waals surface area contributed by atoms with Crippen molar-refractivity contribution in [1.29, 1.82) is 0 Å². The minimum absolute atomic E-state index is 0.0641. The Bertz CT molecular complexity index is 956. The first-order chi connectivity index (χ1) is 12.9. The van der Waals surface area contributed by atoms with E-state index >= 15 is 0 Å². The fourth-order valence-corrected chi connectivity index (χ4v) is 3.97. The van der Waals surface area contributed by atoms with Gasteiger partial charge in [-0.25, -0.2) is 13.6 Å². The molecule has 2 atom stereocenters. The van der Waals surface area contributed by atoms with E-state index < -0.39 is 27.4 Å². The maximum Gasteiger partial charge on any atom is 0.251 e. The first-order valence-electron chi connectivity index (χ1n) is 9.08. The molecule has 4 N–H and O–H groups in total. The quantitative estimate of drug-likeness (QED) is 0.658. The van der Waals surface area contributed by atoms with Gasteiger partial charge in [-0.2, -0.15) is 0 Å². The molecule has 0 aliphatic carbocycles. The molecule has 0 aromatic heterocycles. The van der Waals surface area contributed by atoms with Crippen LogP contribution in [0.5, 0.6) is 0 Å². The number of hydrogen-bond donors (Lipinski definition) is 3. The highest BCUT2D eigenvalue weighted by atomic mass is 32.2. The van der Waals surface area contributed by atoms with Crippen LogP contribution in [-0.2, 0) is 16.4 Å². The van der Waals surface area contributed by atoms with Crippen molar-refractivity contribution in [3.05, 3.63) is 64.7 Å². The van der Waals surface area contributed by atoms with E-state index in [9.17, 15) is 18.3 Å². The largest absolute Gasteiger partial charge is 0.393 e. The second kappa shape index (κ2) is 8.43. The molecular weight excluding hydrogens is 376 g/mol. The van der Waals surface area contributed by atoms with Gasteiger partial charge in [0.05, 0.1) is 11.0 Å². The Labute approximate surface area is 166 Å². The number of amides is 1. The summed E-state index contributed by atoms with van der Waals surface area (Å²) >= 11 is 0. The van der Waals surface area contributed by atoms with Gasteiger partial charge in [-0.05, 0) is 49.9 Å². The number of carbonyl (C=O) groups is 1. The van der Waals surface area contributed by atoms with Crippen molar-refractivity contribution in [2.45, 2.75) is 45.1 Å². The zero-order valence-electron chi connectivity index (χ0n) is 16.7. The number of sulfonamides is 1. The van der Waals surface area contributed by atoms with Gasteiger partial charge in [0.25, 0.3) is 5.91 Å². The molecule has 28 heavy (non-hydrogen) atoms. The topological polar surface area (TPSA) is 109 Å². The third kappa shape index (κ3) is 5.19. The van der Waals surface area contributed by atoms with Gasteiger partial charge in [0, 0.05) is 17.5 Å². The van der Waals surface area contributed by atoms with E-state index in [1.807, 2.05) is 37.3 Å². The molecule has 0 fully saturated rings. The van der Waals surface area contributed by atoms with Crippen LogP contribution < -0.4 is 10.5 Å². The van der Waals surface area contributed by atoms with E-state index in [2.05, 4.69) is 5.32 Å². The maximum atomic E-state index is 12.7. The molecule has 0 saturated heterocycles. The number of primary sulfonamides is 1. The Morgan fingerprint density at radius 1 is 1.18 bits per heavy atom. The molecule has 2 rings (SSSR count). The summed E-state index contributed by atoms with van der Waals surface area (Å²) in [6.45, 7) is 7.22. The SMILES string of the molecule is Cc1cc(C)c(S(N)(=O)=O)cc1C(=O)NC[C@](C)(Cc1ccccc1)[C@@H](C)O. The molecule has 7 heteroatoms. The molecule has 0 aliphatic heterocycles. The molecule has 0 unspecified atom stereocenters. The van der Waals surface area contributed by atoms with Crippen LogP contribution in [0.2, 0.25) is 0 Å². The molecule has 0 saturated carbocycles. The van der Waals surface area contributed by atoms with Gasteiger partial charge in [-0.1, -0.05) is 43.3 Å². The van der Waals surface area contributed by atoms with E-state index in [0.29, 0.717) is 17.5 Å². The fraction of sp³-hybridized carbons (Fsp3) is 0.381. The summed E-state index contributed by atoms with van der Waals surface area (Å²) in [6, 6.07) is 12.7. The van der Waals surface area contributed by atoms with E-state index in [-0.39, 0.29) is 17.0 Å². The van der Waals surface area contributed by atoms with Crippen molar-refractivity contribution in [2.24, 2.45) is 10.6 Å². The van der Waals surface area contributed by atoms with E-state index in [1.165, 1.54) is 6.07 Å². The molecule has 0 spiro atoms. The lowest BCUT2D eigenvalue weighted by Crippen LogP contribution is -2.44. The summed E-state index contributed by atoms with van der Waals surface area (Å²) < 4.78 is 23.5. The van der Waals surface area contributed by atoms with Crippen LogP contribution in [-0.4, -0.2) is 32.1 Å². The van der Waals surface area contributed by atoms with Crippen LogP contribution in [0.15, 0.2) is 47.4 Å². The number of aryl methyl sites for hydroxylation is 2. The Morgan fingerprint density at radius 3 is 2.32 bits per heavy atom. The van der Waals surface area contributed by atoms with Crippen LogP contribution >= 0.6 is 0 Å². The Morgan fingerprint density at radius 2 is 1.79 bits per heavy atom. The van der Waals surface area contributed by atoms with Gasteiger partial charge >= 0.3 is 0 Å². The molecule has 0 bridgehead atoms. The number of nitrogens with two attached hydrogens (primary N) is 1.